The van der Waals surface area contributed by atoms with E-state index < -0.39 is 0 Å². The molecule has 0 amide bonds. The van der Waals surface area contributed by atoms with Gasteiger partial charge in [0.2, 0.25) is 0 Å². The van der Waals surface area contributed by atoms with Crippen LogP contribution in [0.5, 0.6) is 0 Å². The Labute approximate surface area is 101 Å². The lowest BCUT2D eigenvalue weighted by Crippen LogP contribution is -2.76. The minimum absolute atomic E-state index is 0.0541. The third-order valence-electron chi connectivity index (χ3n) is 5.32. The molecule has 1 saturated heterocycles. The number of hydrogen-bond donors (Lipinski definition) is 4. The van der Waals surface area contributed by atoms with Crippen LogP contribution < -0.4 is 21.7 Å². The summed E-state index contributed by atoms with van der Waals surface area (Å²) in [5, 5.41) is 0.649. The van der Waals surface area contributed by atoms with Crippen LogP contribution in [0.4, 0.5) is 0 Å². The van der Waals surface area contributed by atoms with Gasteiger partial charge in [-0.15, -0.1) is 0 Å². The number of fused-ring (bicyclic) bond motifs is 6. The fourth-order valence-electron chi connectivity index (χ4n) is 4.83. The van der Waals surface area contributed by atoms with Crippen LogP contribution in [-0.4, -0.2) is 10.8 Å². The summed E-state index contributed by atoms with van der Waals surface area (Å²) in [5.41, 5.74) is 13.1. The zero-order valence-corrected chi connectivity index (χ0v) is 10.1. The molecule has 16 heavy (non-hydrogen) atoms. The second-order valence-electron chi connectivity index (χ2n) is 5.87. The molecule has 0 radical (unpaired) electrons. The first-order chi connectivity index (χ1) is 7.78. The Morgan fingerprint density at radius 2 is 1.88 bits per heavy atom. The van der Waals surface area contributed by atoms with Gasteiger partial charge in [-0.3, -0.25) is 10.9 Å². The van der Waals surface area contributed by atoms with Gasteiger partial charge in [-0.05, 0) is 61.6 Å². The third-order valence-corrected chi connectivity index (χ3v) is 5.52. The summed E-state index contributed by atoms with van der Waals surface area (Å²) in [7, 11) is 0. The summed E-state index contributed by atoms with van der Waals surface area (Å²) in [6, 6.07) is 0. The predicted molar refractivity (Wildman–Crippen MR) is 64.9 cm³/mol. The Balaban J connectivity index is 1.61. The van der Waals surface area contributed by atoms with Gasteiger partial charge < -0.3 is 0 Å². The van der Waals surface area contributed by atoms with E-state index in [1.165, 1.54) is 32.1 Å². The summed E-state index contributed by atoms with van der Waals surface area (Å²) in [6.45, 7) is 0. The highest BCUT2D eigenvalue weighted by molar-refractivity contribution is 7.80. The largest absolute Gasteiger partial charge is 0.295 e. The fourth-order valence-corrected chi connectivity index (χ4v) is 4.93. The van der Waals surface area contributed by atoms with Crippen molar-refractivity contribution in [3.63, 3.8) is 0 Å². The summed E-state index contributed by atoms with van der Waals surface area (Å²) in [5.74, 6) is 3.66. The molecule has 0 unspecified atom stereocenters. The first-order valence-corrected chi connectivity index (χ1v) is 6.80. The molecular weight excluding hydrogens is 220 g/mol. The van der Waals surface area contributed by atoms with Gasteiger partial charge in [0.15, 0.2) is 5.11 Å². The quantitative estimate of drug-likeness (QED) is 0.466. The Morgan fingerprint density at radius 3 is 2.69 bits per heavy atom. The van der Waals surface area contributed by atoms with E-state index in [4.69, 9.17) is 12.2 Å². The topological polar surface area (TPSA) is 48.1 Å². The van der Waals surface area contributed by atoms with E-state index in [1.54, 1.807) is 0 Å². The molecule has 5 heteroatoms. The maximum atomic E-state index is 5.06. The second-order valence-corrected chi connectivity index (χ2v) is 6.27. The lowest BCUT2D eigenvalue weighted by Gasteiger charge is -2.46. The number of thiocarbonyl (C=S) groups is 1. The smallest absolute Gasteiger partial charge is 0.195 e. The summed E-state index contributed by atoms with van der Waals surface area (Å²) >= 11 is 5.06. The normalized spacial score (nSPS) is 47.9. The molecule has 1 spiro atoms. The highest BCUT2D eigenvalue weighted by atomic mass is 32.1. The van der Waals surface area contributed by atoms with E-state index in [0.29, 0.717) is 5.11 Å². The van der Waals surface area contributed by atoms with E-state index in [2.05, 4.69) is 21.7 Å². The minimum atomic E-state index is 0.0541. The molecule has 1 heterocycles. The Kier molecular flexibility index (Phi) is 1.86. The molecule has 0 aromatic carbocycles. The standard InChI is InChI=1S/C11H18N4S/c16-10-12-14-11(15-13-10)5-6-4-9(11)8-3-1-2-7(6)8/h6-9,14-15H,1-5H2,(H2,12,13,16)/t6-,7-,8-,9+/m1/s1. The zero-order valence-electron chi connectivity index (χ0n) is 9.25. The molecular formula is C11H18N4S. The molecule has 0 aromatic heterocycles. The molecule has 2 bridgehead atoms. The number of nitrogens with one attached hydrogen (secondary N) is 4. The van der Waals surface area contributed by atoms with Gasteiger partial charge in [-0.25, -0.2) is 10.9 Å². The number of hydrogen-bond acceptors (Lipinski definition) is 3. The van der Waals surface area contributed by atoms with Crippen LogP contribution in [-0.2, 0) is 0 Å². The minimum Gasteiger partial charge on any atom is -0.295 e. The Hall–Kier alpha value is -0.390. The number of hydrazine groups is 2. The third kappa shape index (κ3) is 1.09. The first kappa shape index (κ1) is 9.62. The van der Waals surface area contributed by atoms with Gasteiger partial charge in [-0.1, -0.05) is 6.42 Å². The van der Waals surface area contributed by atoms with E-state index >= 15 is 0 Å². The number of rotatable bonds is 0. The van der Waals surface area contributed by atoms with Crippen molar-refractivity contribution in [1.82, 2.24) is 21.7 Å². The van der Waals surface area contributed by atoms with Crippen molar-refractivity contribution in [3.8, 4) is 0 Å². The van der Waals surface area contributed by atoms with Gasteiger partial charge in [0, 0.05) is 0 Å². The van der Waals surface area contributed by atoms with Crippen molar-refractivity contribution in [2.24, 2.45) is 23.7 Å². The van der Waals surface area contributed by atoms with Gasteiger partial charge in [0.05, 0.1) is 0 Å². The van der Waals surface area contributed by atoms with Gasteiger partial charge in [0.25, 0.3) is 0 Å². The summed E-state index contributed by atoms with van der Waals surface area (Å²) < 4.78 is 0. The molecule has 4 aliphatic rings. The van der Waals surface area contributed by atoms with Crippen molar-refractivity contribution in [2.75, 3.05) is 0 Å². The molecule has 4 nitrogen and oxygen atoms in total. The zero-order chi connectivity index (χ0) is 10.8. The molecule has 0 aromatic rings. The molecule has 4 atom stereocenters. The van der Waals surface area contributed by atoms with Crippen LogP contribution >= 0.6 is 12.2 Å². The molecule has 3 saturated carbocycles. The van der Waals surface area contributed by atoms with Crippen molar-refractivity contribution in [2.45, 2.75) is 37.8 Å². The van der Waals surface area contributed by atoms with Crippen LogP contribution in [0, 0.1) is 23.7 Å². The molecule has 4 rings (SSSR count). The van der Waals surface area contributed by atoms with E-state index in [0.717, 1.165) is 23.7 Å². The molecule has 88 valence electrons. The van der Waals surface area contributed by atoms with Crippen molar-refractivity contribution in [3.05, 3.63) is 0 Å². The Bertz CT molecular complexity index is 335. The van der Waals surface area contributed by atoms with Crippen molar-refractivity contribution in [1.29, 1.82) is 0 Å². The average Bonchev–Trinajstić information content (AvgIpc) is 2.93. The fraction of sp³-hybridized carbons (Fsp3) is 0.909. The van der Waals surface area contributed by atoms with Crippen LogP contribution in [0.1, 0.15) is 32.1 Å². The summed E-state index contributed by atoms with van der Waals surface area (Å²) in [4.78, 5) is 0. The van der Waals surface area contributed by atoms with E-state index in [-0.39, 0.29) is 5.66 Å². The second kappa shape index (κ2) is 3.09. The van der Waals surface area contributed by atoms with Crippen LogP contribution in [0.3, 0.4) is 0 Å². The monoisotopic (exact) mass is 238 g/mol. The maximum absolute atomic E-state index is 5.06. The van der Waals surface area contributed by atoms with E-state index in [9.17, 15) is 0 Å². The lowest BCUT2D eigenvalue weighted by atomic mass is 9.76. The predicted octanol–water partition coefficient (Wildman–Crippen LogP) is 0.626. The highest BCUT2D eigenvalue weighted by Crippen LogP contribution is 2.61. The van der Waals surface area contributed by atoms with Gasteiger partial charge in [-0.2, -0.15) is 0 Å². The maximum Gasteiger partial charge on any atom is 0.195 e. The SMILES string of the molecule is S=C1NNC2(C[C@H]3C[C@H]2[C@@H]2CCC[C@H]32)NN1. The molecule has 3 aliphatic carbocycles. The van der Waals surface area contributed by atoms with Crippen LogP contribution in [0.2, 0.25) is 0 Å². The van der Waals surface area contributed by atoms with Crippen LogP contribution in [0.15, 0.2) is 0 Å². The van der Waals surface area contributed by atoms with Crippen molar-refractivity contribution >= 4 is 17.3 Å². The van der Waals surface area contributed by atoms with Gasteiger partial charge >= 0.3 is 0 Å². The highest BCUT2D eigenvalue weighted by Gasteiger charge is 2.61. The lowest BCUT2D eigenvalue weighted by molar-refractivity contribution is 0.0646. The van der Waals surface area contributed by atoms with Crippen LogP contribution in [0.25, 0.3) is 0 Å². The molecule has 4 fully saturated rings. The molecule has 1 aliphatic heterocycles. The van der Waals surface area contributed by atoms with Gasteiger partial charge in [0.1, 0.15) is 5.66 Å². The van der Waals surface area contributed by atoms with E-state index in [1.807, 2.05) is 0 Å². The Morgan fingerprint density at radius 1 is 1.12 bits per heavy atom. The first-order valence-electron chi connectivity index (χ1n) is 6.39. The molecule has 4 N–H and O–H groups in total. The summed E-state index contributed by atoms with van der Waals surface area (Å²) in [6.07, 6.45) is 6.98. The average molecular weight is 238 g/mol. The van der Waals surface area contributed by atoms with Crippen molar-refractivity contribution < 1.29 is 0 Å².